The number of ether oxygens (including phenoxy) is 2. The average Bonchev–Trinajstić information content (AvgIpc) is 2.77. The van der Waals surface area contributed by atoms with Gasteiger partial charge >= 0.3 is 0 Å². The van der Waals surface area contributed by atoms with Crippen LogP contribution in [0.2, 0.25) is 0 Å². The molecule has 0 aliphatic carbocycles. The summed E-state index contributed by atoms with van der Waals surface area (Å²) in [4.78, 5) is 14.6. The zero-order valence-electron chi connectivity index (χ0n) is 12.6. The van der Waals surface area contributed by atoms with Gasteiger partial charge in [-0.1, -0.05) is 30.3 Å². The van der Waals surface area contributed by atoms with Gasteiger partial charge in [0.25, 0.3) is 11.7 Å². The second kappa shape index (κ2) is 5.44. The first kappa shape index (κ1) is 14.6. The van der Waals surface area contributed by atoms with Crippen LogP contribution in [0.4, 0.5) is 11.4 Å². The van der Waals surface area contributed by atoms with Gasteiger partial charge in [0.15, 0.2) is 0 Å². The SMILES string of the molecule is COC1(OC)C(=O)N(Cc2ccccc2)c2ccc(N)cc21. The first-order valence-corrected chi connectivity index (χ1v) is 6.98. The number of nitrogens with two attached hydrogens (primary N) is 1. The number of nitrogen functional groups attached to an aromatic ring is 1. The molecule has 22 heavy (non-hydrogen) atoms. The monoisotopic (exact) mass is 298 g/mol. The van der Waals surface area contributed by atoms with E-state index in [-0.39, 0.29) is 5.91 Å². The number of fused-ring (bicyclic) bond motifs is 1. The van der Waals surface area contributed by atoms with E-state index < -0.39 is 5.79 Å². The zero-order chi connectivity index (χ0) is 15.7. The smallest absolute Gasteiger partial charge is 0.292 e. The van der Waals surface area contributed by atoms with E-state index in [9.17, 15) is 4.79 Å². The Morgan fingerprint density at radius 1 is 1.09 bits per heavy atom. The fraction of sp³-hybridized carbons (Fsp3) is 0.235. The van der Waals surface area contributed by atoms with Crippen molar-refractivity contribution in [3.8, 4) is 0 Å². The fourth-order valence-electron chi connectivity index (χ4n) is 2.86. The number of benzene rings is 2. The number of methoxy groups -OCH3 is 2. The van der Waals surface area contributed by atoms with E-state index in [1.807, 2.05) is 36.4 Å². The van der Waals surface area contributed by atoms with Crippen molar-refractivity contribution in [2.75, 3.05) is 24.9 Å². The van der Waals surface area contributed by atoms with E-state index in [0.717, 1.165) is 11.3 Å². The molecule has 0 aromatic heterocycles. The highest BCUT2D eigenvalue weighted by Gasteiger charge is 2.52. The van der Waals surface area contributed by atoms with Gasteiger partial charge < -0.3 is 20.1 Å². The number of nitrogens with zero attached hydrogens (tertiary/aromatic N) is 1. The van der Waals surface area contributed by atoms with Crippen LogP contribution in [0.25, 0.3) is 0 Å². The lowest BCUT2D eigenvalue weighted by atomic mass is 10.1. The Morgan fingerprint density at radius 2 is 1.77 bits per heavy atom. The number of carbonyl (C=O) groups is 1. The molecule has 0 radical (unpaired) electrons. The molecule has 0 fully saturated rings. The van der Waals surface area contributed by atoms with E-state index >= 15 is 0 Å². The van der Waals surface area contributed by atoms with Gasteiger partial charge in [-0.2, -0.15) is 0 Å². The molecule has 0 unspecified atom stereocenters. The Hall–Kier alpha value is -2.37. The molecule has 0 spiro atoms. The Bertz CT molecular complexity index is 696. The van der Waals surface area contributed by atoms with Crippen molar-refractivity contribution in [2.24, 2.45) is 0 Å². The van der Waals surface area contributed by atoms with Crippen LogP contribution in [0, 0.1) is 0 Å². The van der Waals surface area contributed by atoms with Gasteiger partial charge in [-0.15, -0.1) is 0 Å². The number of anilines is 2. The molecule has 2 aromatic carbocycles. The lowest BCUT2D eigenvalue weighted by Gasteiger charge is -2.25. The highest BCUT2D eigenvalue weighted by molar-refractivity contribution is 6.06. The first-order chi connectivity index (χ1) is 10.6. The molecule has 1 amide bonds. The predicted octanol–water partition coefficient (Wildman–Crippen LogP) is 2.26. The first-order valence-electron chi connectivity index (χ1n) is 6.98. The third-order valence-corrected chi connectivity index (χ3v) is 3.95. The van der Waals surface area contributed by atoms with E-state index in [2.05, 4.69) is 0 Å². The Morgan fingerprint density at radius 3 is 2.41 bits per heavy atom. The summed E-state index contributed by atoms with van der Waals surface area (Å²) < 4.78 is 10.9. The van der Waals surface area contributed by atoms with Crippen molar-refractivity contribution in [1.82, 2.24) is 0 Å². The van der Waals surface area contributed by atoms with Gasteiger partial charge in [-0.05, 0) is 23.8 Å². The molecule has 0 saturated heterocycles. The van der Waals surface area contributed by atoms with Crippen LogP contribution in [0.1, 0.15) is 11.1 Å². The molecular weight excluding hydrogens is 280 g/mol. The van der Waals surface area contributed by atoms with Gasteiger partial charge in [-0.3, -0.25) is 4.79 Å². The summed E-state index contributed by atoms with van der Waals surface area (Å²) in [5.74, 6) is -1.68. The summed E-state index contributed by atoms with van der Waals surface area (Å²) in [5, 5.41) is 0. The topological polar surface area (TPSA) is 64.8 Å². The number of amides is 1. The normalized spacial score (nSPS) is 15.9. The number of hydrogen-bond acceptors (Lipinski definition) is 4. The number of rotatable bonds is 4. The maximum Gasteiger partial charge on any atom is 0.292 e. The summed E-state index contributed by atoms with van der Waals surface area (Å²) in [6.07, 6.45) is 0. The molecule has 0 bridgehead atoms. The van der Waals surface area contributed by atoms with Crippen molar-refractivity contribution in [2.45, 2.75) is 12.3 Å². The summed E-state index contributed by atoms with van der Waals surface area (Å²) >= 11 is 0. The standard InChI is InChI=1S/C17H18N2O3/c1-21-17(22-2)14-10-13(18)8-9-15(14)19(16(17)20)11-12-6-4-3-5-7-12/h3-10H,11,18H2,1-2H3. The van der Waals surface area contributed by atoms with Crippen molar-refractivity contribution in [1.29, 1.82) is 0 Å². The fourth-order valence-corrected chi connectivity index (χ4v) is 2.86. The Balaban J connectivity index is 2.08. The van der Waals surface area contributed by atoms with Crippen LogP contribution >= 0.6 is 0 Å². The molecule has 1 heterocycles. The average molecular weight is 298 g/mol. The van der Waals surface area contributed by atoms with Crippen LogP contribution in [0.15, 0.2) is 48.5 Å². The van der Waals surface area contributed by atoms with Gasteiger partial charge in [0.1, 0.15) is 0 Å². The van der Waals surface area contributed by atoms with Crippen LogP contribution in [-0.4, -0.2) is 20.1 Å². The molecule has 3 rings (SSSR count). The van der Waals surface area contributed by atoms with E-state index in [1.54, 1.807) is 17.0 Å². The highest BCUT2D eigenvalue weighted by atomic mass is 16.7. The van der Waals surface area contributed by atoms with Gasteiger partial charge in [0, 0.05) is 25.5 Å². The molecule has 0 saturated carbocycles. The maximum atomic E-state index is 12.9. The zero-order valence-corrected chi connectivity index (χ0v) is 12.6. The van der Waals surface area contributed by atoms with Crippen LogP contribution < -0.4 is 10.6 Å². The molecular formula is C17H18N2O3. The third-order valence-electron chi connectivity index (χ3n) is 3.95. The Kier molecular flexibility index (Phi) is 3.60. The summed E-state index contributed by atoms with van der Waals surface area (Å²) in [6, 6.07) is 15.1. The minimum absolute atomic E-state index is 0.248. The van der Waals surface area contributed by atoms with Gasteiger partial charge in [0.2, 0.25) is 0 Å². The lowest BCUT2D eigenvalue weighted by Crippen LogP contribution is -2.43. The van der Waals surface area contributed by atoms with Crippen molar-refractivity contribution >= 4 is 17.3 Å². The number of hydrogen-bond donors (Lipinski definition) is 1. The minimum atomic E-state index is -1.43. The number of carbonyl (C=O) groups excluding carboxylic acids is 1. The second-order valence-electron chi connectivity index (χ2n) is 5.18. The van der Waals surface area contributed by atoms with Crippen LogP contribution in [0.3, 0.4) is 0 Å². The lowest BCUT2D eigenvalue weighted by molar-refractivity contribution is -0.209. The van der Waals surface area contributed by atoms with E-state index in [0.29, 0.717) is 17.8 Å². The van der Waals surface area contributed by atoms with Gasteiger partial charge in [0.05, 0.1) is 12.2 Å². The molecule has 1 aliphatic rings. The van der Waals surface area contributed by atoms with Gasteiger partial charge in [-0.25, -0.2) is 0 Å². The van der Waals surface area contributed by atoms with Crippen molar-refractivity contribution < 1.29 is 14.3 Å². The van der Waals surface area contributed by atoms with Crippen LogP contribution in [0.5, 0.6) is 0 Å². The summed E-state index contributed by atoms with van der Waals surface area (Å²) in [7, 11) is 2.92. The maximum absolute atomic E-state index is 12.9. The van der Waals surface area contributed by atoms with E-state index in [1.165, 1.54) is 14.2 Å². The molecule has 2 aromatic rings. The summed E-state index contributed by atoms with van der Waals surface area (Å²) in [5.41, 5.74) is 8.85. The third kappa shape index (κ3) is 2.06. The van der Waals surface area contributed by atoms with E-state index in [4.69, 9.17) is 15.2 Å². The van der Waals surface area contributed by atoms with Crippen molar-refractivity contribution in [3.63, 3.8) is 0 Å². The molecule has 0 atom stereocenters. The summed E-state index contributed by atoms with van der Waals surface area (Å²) in [6.45, 7) is 0.449. The quantitative estimate of drug-likeness (QED) is 0.694. The Labute approximate surface area is 129 Å². The molecule has 5 heteroatoms. The highest BCUT2D eigenvalue weighted by Crippen LogP contribution is 2.44. The molecule has 5 nitrogen and oxygen atoms in total. The largest absolute Gasteiger partial charge is 0.399 e. The molecule has 114 valence electrons. The predicted molar refractivity (Wildman–Crippen MR) is 84.2 cm³/mol. The molecule has 1 aliphatic heterocycles. The molecule has 2 N–H and O–H groups in total. The second-order valence-corrected chi connectivity index (χ2v) is 5.18. The van der Waals surface area contributed by atoms with Crippen molar-refractivity contribution in [3.05, 3.63) is 59.7 Å². The van der Waals surface area contributed by atoms with Crippen LogP contribution in [-0.2, 0) is 26.6 Å². The minimum Gasteiger partial charge on any atom is -0.399 e.